The molecule has 0 saturated heterocycles. The predicted molar refractivity (Wildman–Crippen MR) is 113 cm³/mol. The second-order valence-electron chi connectivity index (χ2n) is 6.14. The number of aromatic nitrogens is 2. The van der Waals surface area contributed by atoms with Gasteiger partial charge in [-0.3, -0.25) is 9.71 Å². The Hall–Kier alpha value is -3.19. The summed E-state index contributed by atoms with van der Waals surface area (Å²) in [6, 6.07) is 9.53. The molecule has 0 aliphatic heterocycles. The third-order valence-electron chi connectivity index (χ3n) is 4.38. The van der Waals surface area contributed by atoms with Crippen molar-refractivity contribution in [1.82, 2.24) is 9.97 Å². The third-order valence-corrected chi connectivity index (χ3v) is 5.89. The van der Waals surface area contributed by atoms with Crippen LogP contribution >= 0.6 is 0 Å². The maximum atomic E-state index is 12.6. The first kappa shape index (κ1) is 19.6. The molecule has 1 aromatic carbocycles. The van der Waals surface area contributed by atoms with Gasteiger partial charge in [-0.25, -0.2) is 13.4 Å². The second-order valence-corrected chi connectivity index (χ2v) is 7.82. The number of sulfonamides is 1. The largest absolute Gasteiger partial charge is 0.480 e. The van der Waals surface area contributed by atoms with Gasteiger partial charge in [0.25, 0.3) is 10.0 Å². The summed E-state index contributed by atoms with van der Waals surface area (Å²) in [6.45, 7) is 7.20. The molecule has 2 heterocycles. The van der Waals surface area contributed by atoms with Crippen LogP contribution in [0.1, 0.15) is 12.5 Å². The number of pyridine rings is 2. The van der Waals surface area contributed by atoms with Gasteiger partial charge < -0.3 is 4.74 Å². The molecule has 0 radical (unpaired) electrons. The molecule has 2 aromatic heterocycles. The number of nitrogens with zero attached hydrogens (tertiary/aromatic N) is 2. The standard InChI is InChI=1S/C21H21N3O3S/c1-5-17(6-2)28(25,26)24-20-12-16(13-23-21(20)27-4)15-7-8-19-18(11-15)14(3)9-10-22-19/h5-13,24H,1H2,2-4H3/b17-6+. The minimum absolute atomic E-state index is 0.0763. The first-order chi connectivity index (χ1) is 13.4. The van der Waals surface area contributed by atoms with Gasteiger partial charge in [0.2, 0.25) is 5.88 Å². The summed E-state index contributed by atoms with van der Waals surface area (Å²) in [4.78, 5) is 8.70. The monoisotopic (exact) mass is 395 g/mol. The number of hydrogen-bond donors (Lipinski definition) is 1. The van der Waals surface area contributed by atoms with E-state index in [4.69, 9.17) is 4.74 Å². The minimum atomic E-state index is -3.79. The Kier molecular flexibility index (Phi) is 5.46. The van der Waals surface area contributed by atoms with Crippen molar-refractivity contribution in [2.45, 2.75) is 13.8 Å². The highest BCUT2D eigenvalue weighted by Gasteiger charge is 2.18. The van der Waals surface area contributed by atoms with Crippen molar-refractivity contribution >= 4 is 26.6 Å². The molecule has 0 saturated carbocycles. The summed E-state index contributed by atoms with van der Waals surface area (Å²) in [5.74, 6) is 0.186. The first-order valence-electron chi connectivity index (χ1n) is 8.61. The minimum Gasteiger partial charge on any atom is -0.480 e. The highest BCUT2D eigenvalue weighted by Crippen LogP contribution is 2.31. The van der Waals surface area contributed by atoms with Crippen molar-refractivity contribution in [3.05, 3.63) is 71.9 Å². The van der Waals surface area contributed by atoms with Crippen LogP contribution in [0.5, 0.6) is 5.88 Å². The zero-order chi connectivity index (χ0) is 20.3. The lowest BCUT2D eigenvalue weighted by Crippen LogP contribution is -2.15. The number of benzene rings is 1. The van der Waals surface area contributed by atoms with Gasteiger partial charge >= 0.3 is 0 Å². The van der Waals surface area contributed by atoms with Gasteiger partial charge in [0, 0.05) is 23.3 Å². The molecular weight excluding hydrogens is 374 g/mol. The summed E-state index contributed by atoms with van der Waals surface area (Å²) < 4.78 is 32.9. The first-order valence-corrected chi connectivity index (χ1v) is 10.1. The van der Waals surface area contributed by atoms with Crippen molar-refractivity contribution in [2.24, 2.45) is 0 Å². The summed E-state index contributed by atoms with van der Waals surface area (Å²) in [6.07, 6.45) is 6.18. The molecule has 0 fully saturated rings. The van der Waals surface area contributed by atoms with Gasteiger partial charge in [0.05, 0.1) is 17.5 Å². The molecule has 0 aliphatic rings. The van der Waals surface area contributed by atoms with Crippen LogP contribution in [-0.2, 0) is 10.0 Å². The molecule has 0 unspecified atom stereocenters. The second kappa shape index (κ2) is 7.82. The van der Waals surface area contributed by atoms with E-state index in [0.29, 0.717) is 0 Å². The lowest BCUT2D eigenvalue weighted by Gasteiger charge is -2.13. The number of hydrogen-bond acceptors (Lipinski definition) is 5. The van der Waals surface area contributed by atoms with Crippen molar-refractivity contribution in [3.63, 3.8) is 0 Å². The zero-order valence-electron chi connectivity index (χ0n) is 15.9. The fourth-order valence-electron chi connectivity index (χ4n) is 2.90. The average molecular weight is 395 g/mol. The maximum Gasteiger partial charge on any atom is 0.261 e. The summed E-state index contributed by atoms with van der Waals surface area (Å²) in [5, 5.41) is 1.03. The fourth-order valence-corrected chi connectivity index (χ4v) is 3.98. The number of allylic oxidation sites excluding steroid dienone is 2. The van der Waals surface area contributed by atoms with Gasteiger partial charge in [0.1, 0.15) is 5.69 Å². The third kappa shape index (κ3) is 3.75. The maximum absolute atomic E-state index is 12.6. The number of ether oxygens (including phenoxy) is 1. The molecule has 0 aliphatic carbocycles. The number of rotatable bonds is 6. The lowest BCUT2D eigenvalue weighted by molar-refractivity contribution is 0.400. The van der Waals surface area contributed by atoms with E-state index in [-0.39, 0.29) is 16.5 Å². The van der Waals surface area contributed by atoms with Gasteiger partial charge in [-0.05, 0) is 55.3 Å². The number of nitrogens with one attached hydrogen (secondary N) is 1. The molecule has 0 atom stereocenters. The molecule has 28 heavy (non-hydrogen) atoms. The van der Waals surface area contributed by atoms with Crippen LogP contribution in [0.3, 0.4) is 0 Å². The lowest BCUT2D eigenvalue weighted by atomic mass is 10.0. The molecule has 3 rings (SSSR count). The van der Waals surface area contributed by atoms with E-state index in [1.54, 1.807) is 25.4 Å². The van der Waals surface area contributed by atoms with E-state index in [1.807, 2.05) is 31.2 Å². The molecule has 7 heteroatoms. The molecule has 1 N–H and O–H groups in total. The van der Waals surface area contributed by atoms with Crippen molar-refractivity contribution in [2.75, 3.05) is 11.8 Å². The van der Waals surface area contributed by atoms with Gasteiger partial charge in [-0.2, -0.15) is 0 Å². The van der Waals surface area contributed by atoms with Gasteiger partial charge in [-0.15, -0.1) is 0 Å². The molecule has 0 bridgehead atoms. The topological polar surface area (TPSA) is 81.2 Å². The smallest absolute Gasteiger partial charge is 0.261 e. The predicted octanol–water partition coefficient (Wildman–Crippen LogP) is 4.45. The van der Waals surface area contributed by atoms with Gasteiger partial charge in [0.15, 0.2) is 0 Å². The summed E-state index contributed by atoms with van der Waals surface area (Å²) >= 11 is 0. The van der Waals surface area contributed by atoms with Crippen molar-refractivity contribution in [3.8, 4) is 17.0 Å². The molecule has 0 amide bonds. The Morgan fingerprint density at radius 3 is 2.64 bits per heavy atom. The summed E-state index contributed by atoms with van der Waals surface area (Å²) in [5.41, 5.74) is 3.91. The Balaban J connectivity index is 2.09. The van der Waals surface area contributed by atoms with E-state index >= 15 is 0 Å². The highest BCUT2D eigenvalue weighted by molar-refractivity contribution is 7.96. The van der Waals surface area contributed by atoms with E-state index in [2.05, 4.69) is 21.3 Å². The molecule has 3 aromatic rings. The summed E-state index contributed by atoms with van der Waals surface area (Å²) in [7, 11) is -2.35. The van der Waals surface area contributed by atoms with Crippen molar-refractivity contribution < 1.29 is 13.2 Å². The van der Waals surface area contributed by atoms with Crippen LogP contribution in [0.15, 0.2) is 66.4 Å². The number of aryl methyl sites for hydroxylation is 1. The van der Waals surface area contributed by atoms with E-state index in [1.165, 1.54) is 19.3 Å². The van der Waals surface area contributed by atoms with Crippen LogP contribution in [0.25, 0.3) is 22.0 Å². The SMILES string of the molecule is C=C/C(=C\C)S(=O)(=O)Nc1cc(-c2ccc3nccc(C)c3c2)cnc1OC. The average Bonchev–Trinajstić information content (AvgIpc) is 2.68. The van der Waals surface area contributed by atoms with Crippen LogP contribution in [-0.4, -0.2) is 25.5 Å². The highest BCUT2D eigenvalue weighted by atomic mass is 32.2. The normalized spacial score (nSPS) is 12.0. The number of fused-ring (bicyclic) bond motifs is 1. The Bertz CT molecular complexity index is 1180. The fraction of sp³-hybridized carbons (Fsp3) is 0.143. The molecule has 6 nitrogen and oxygen atoms in total. The van der Waals surface area contributed by atoms with Crippen LogP contribution in [0.4, 0.5) is 5.69 Å². The van der Waals surface area contributed by atoms with E-state index < -0.39 is 10.0 Å². The van der Waals surface area contributed by atoms with Crippen molar-refractivity contribution in [1.29, 1.82) is 0 Å². The Morgan fingerprint density at radius 1 is 1.18 bits per heavy atom. The van der Waals surface area contributed by atoms with Crippen LogP contribution in [0, 0.1) is 6.92 Å². The van der Waals surface area contributed by atoms with Crippen LogP contribution in [0.2, 0.25) is 0 Å². The molecule has 144 valence electrons. The van der Waals surface area contributed by atoms with Gasteiger partial charge in [-0.1, -0.05) is 18.7 Å². The van der Waals surface area contributed by atoms with Crippen LogP contribution < -0.4 is 9.46 Å². The number of anilines is 1. The zero-order valence-corrected chi connectivity index (χ0v) is 16.7. The molecular formula is C21H21N3O3S. The quantitative estimate of drug-likeness (QED) is 0.624. The van der Waals surface area contributed by atoms with E-state index in [0.717, 1.165) is 27.6 Å². The molecule has 0 spiro atoms. The van der Waals surface area contributed by atoms with E-state index in [9.17, 15) is 8.42 Å². The number of methoxy groups -OCH3 is 1. The Morgan fingerprint density at radius 2 is 1.96 bits per heavy atom. The Labute approximate surface area is 164 Å².